The zero-order chi connectivity index (χ0) is 16.4. The number of hydrogen-bond donors (Lipinski definition) is 1. The van der Waals surface area contributed by atoms with E-state index in [1.165, 1.54) is 23.3 Å². The summed E-state index contributed by atoms with van der Waals surface area (Å²) in [5.41, 5.74) is 1.70. The predicted molar refractivity (Wildman–Crippen MR) is 81.4 cm³/mol. The molecule has 7 nitrogen and oxygen atoms in total. The Kier molecular flexibility index (Phi) is 3.88. The van der Waals surface area contributed by atoms with Crippen molar-refractivity contribution in [2.45, 2.75) is 13.5 Å². The van der Waals surface area contributed by atoms with E-state index in [0.29, 0.717) is 11.1 Å². The lowest BCUT2D eigenvalue weighted by molar-refractivity contribution is 0.102. The summed E-state index contributed by atoms with van der Waals surface area (Å²) in [6.45, 7) is 2.04. The van der Waals surface area contributed by atoms with E-state index in [2.05, 4.69) is 20.5 Å². The van der Waals surface area contributed by atoms with Crippen LogP contribution in [0.1, 0.15) is 21.6 Å². The first kappa shape index (κ1) is 14.9. The summed E-state index contributed by atoms with van der Waals surface area (Å²) in [6.07, 6.45) is 2.93. The first-order valence-corrected chi connectivity index (χ1v) is 6.97. The summed E-state index contributed by atoms with van der Waals surface area (Å²) in [4.78, 5) is 16.2. The van der Waals surface area contributed by atoms with Gasteiger partial charge in [0, 0.05) is 18.3 Å². The molecule has 8 heteroatoms. The number of carbonyl (C=O) groups excluding carboxylic acids is 1. The third kappa shape index (κ3) is 3.10. The lowest BCUT2D eigenvalue weighted by atomic mass is 10.2. The normalized spacial score (nSPS) is 10.7. The minimum absolute atomic E-state index is 0.162. The first-order valence-electron chi connectivity index (χ1n) is 6.97. The summed E-state index contributed by atoms with van der Waals surface area (Å²) in [6, 6.07) is 6.44. The van der Waals surface area contributed by atoms with Gasteiger partial charge in [-0.2, -0.15) is 5.10 Å². The fourth-order valence-corrected chi connectivity index (χ4v) is 2.12. The van der Waals surface area contributed by atoms with Crippen molar-refractivity contribution in [1.82, 2.24) is 24.5 Å². The second kappa shape index (κ2) is 5.99. The van der Waals surface area contributed by atoms with Crippen molar-refractivity contribution >= 4 is 11.9 Å². The van der Waals surface area contributed by atoms with Gasteiger partial charge in [-0.3, -0.25) is 14.8 Å². The second-order valence-corrected chi connectivity index (χ2v) is 5.08. The molecule has 2 aromatic heterocycles. The molecule has 1 amide bonds. The zero-order valence-electron chi connectivity index (χ0n) is 12.7. The molecule has 3 rings (SSSR count). The quantitative estimate of drug-likeness (QED) is 0.796. The van der Waals surface area contributed by atoms with Gasteiger partial charge in [-0.25, -0.2) is 14.1 Å². The monoisotopic (exact) mass is 314 g/mol. The molecule has 23 heavy (non-hydrogen) atoms. The van der Waals surface area contributed by atoms with Crippen molar-refractivity contribution in [3.63, 3.8) is 0 Å². The number of carbonyl (C=O) groups is 1. The Labute approximate surface area is 131 Å². The van der Waals surface area contributed by atoms with E-state index < -0.39 is 0 Å². The molecular weight excluding hydrogens is 299 g/mol. The molecule has 2 heterocycles. The number of amides is 1. The molecular formula is C15H15FN6O. The van der Waals surface area contributed by atoms with Gasteiger partial charge in [-0.1, -0.05) is 18.2 Å². The molecule has 0 fully saturated rings. The summed E-state index contributed by atoms with van der Waals surface area (Å²) in [7, 11) is 1.76. The number of aromatic nitrogens is 5. The predicted octanol–water partition coefficient (Wildman–Crippen LogP) is 1.76. The van der Waals surface area contributed by atoms with Crippen LogP contribution in [0.25, 0.3) is 0 Å². The summed E-state index contributed by atoms with van der Waals surface area (Å²) in [5.74, 6) is -0.478. The molecule has 0 aliphatic carbocycles. The lowest BCUT2D eigenvalue weighted by Gasteiger charge is -2.02. The van der Waals surface area contributed by atoms with Crippen molar-refractivity contribution in [2.75, 3.05) is 5.32 Å². The molecule has 1 N–H and O–H groups in total. The highest BCUT2D eigenvalue weighted by Crippen LogP contribution is 2.10. The van der Waals surface area contributed by atoms with Gasteiger partial charge in [0.2, 0.25) is 5.95 Å². The van der Waals surface area contributed by atoms with E-state index >= 15 is 0 Å². The lowest BCUT2D eigenvalue weighted by Crippen LogP contribution is -2.14. The van der Waals surface area contributed by atoms with Crippen LogP contribution >= 0.6 is 0 Å². The highest BCUT2D eigenvalue weighted by molar-refractivity contribution is 6.03. The van der Waals surface area contributed by atoms with Gasteiger partial charge in [0.1, 0.15) is 12.1 Å². The Bertz CT molecular complexity index is 853. The molecule has 0 spiro atoms. The third-order valence-electron chi connectivity index (χ3n) is 3.53. The number of nitrogens with one attached hydrogen (secondary N) is 1. The fourth-order valence-electron chi connectivity index (χ4n) is 2.12. The van der Waals surface area contributed by atoms with Crippen molar-refractivity contribution in [3.05, 3.63) is 59.4 Å². The van der Waals surface area contributed by atoms with Gasteiger partial charge in [-0.05, 0) is 13.0 Å². The number of anilines is 1. The van der Waals surface area contributed by atoms with E-state index in [-0.39, 0.29) is 24.2 Å². The van der Waals surface area contributed by atoms with Crippen LogP contribution in [0.15, 0.2) is 36.8 Å². The number of aryl methyl sites for hydroxylation is 1. The summed E-state index contributed by atoms with van der Waals surface area (Å²) >= 11 is 0. The number of rotatable bonds is 4. The Hall–Kier alpha value is -3.03. The van der Waals surface area contributed by atoms with Gasteiger partial charge in [0.15, 0.2) is 0 Å². The second-order valence-electron chi connectivity index (χ2n) is 5.08. The SMILES string of the molecule is Cc1c(C(=O)Nc2ncn(Cc3ccccc3F)n2)cnn1C. The molecule has 0 atom stereocenters. The number of benzene rings is 1. The van der Waals surface area contributed by atoms with Crippen molar-refractivity contribution < 1.29 is 9.18 Å². The molecule has 0 unspecified atom stereocenters. The minimum Gasteiger partial charge on any atom is -0.289 e. The average Bonchev–Trinajstić information content (AvgIpc) is 3.09. The van der Waals surface area contributed by atoms with E-state index in [1.54, 1.807) is 36.9 Å². The Morgan fingerprint density at radius 2 is 2.13 bits per heavy atom. The smallest absolute Gasteiger partial charge is 0.261 e. The fraction of sp³-hybridized carbons (Fsp3) is 0.200. The number of nitrogens with zero attached hydrogens (tertiary/aromatic N) is 5. The highest BCUT2D eigenvalue weighted by atomic mass is 19.1. The Morgan fingerprint density at radius 1 is 1.35 bits per heavy atom. The van der Waals surface area contributed by atoms with Crippen LogP contribution in [-0.4, -0.2) is 30.5 Å². The maximum Gasteiger partial charge on any atom is 0.261 e. The van der Waals surface area contributed by atoms with Crippen LogP contribution in [-0.2, 0) is 13.6 Å². The van der Waals surface area contributed by atoms with E-state index in [9.17, 15) is 9.18 Å². The van der Waals surface area contributed by atoms with Gasteiger partial charge in [0.05, 0.1) is 18.3 Å². The maximum absolute atomic E-state index is 13.6. The third-order valence-corrected chi connectivity index (χ3v) is 3.53. The first-order chi connectivity index (χ1) is 11.0. The van der Waals surface area contributed by atoms with E-state index in [1.807, 2.05) is 0 Å². The van der Waals surface area contributed by atoms with Crippen LogP contribution < -0.4 is 5.32 Å². The highest BCUT2D eigenvalue weighted by Gasteiger charge is 2.15. The van der Waals surface area contributed by atoms with Crippen LogP contribution in [0.2, 0.25) is 0 Å². The van der Waals surface area contributed by atoms with Gasteiger partial charge >= 0.3 is 0 Å². The number of hydrogen-bond acceptors (Lipinski definition) is 4. The molecule has 0 bridgehead atoms. The van der Waals surface area contributed by atoms with Crippen molar-refractivity contribution in [2.24, 2.45) is 7.05 Å². The maximum atomic E-state index is 13.6. The zero-order valence-corrected chi connectivity index (χ0v) is 12.7. The van der Waals surface area contributed by atoms with Crippen LogP contribution in [0.4, 0.5) is 10.3 Å². The van der Waals surface area contributed by atoms with Crippen LogP contribution in [0, 0.1) is 12.7 Å². The Morgan fingerprint density at radius 3 is 2.83 bits per heavy atom. The largest absolute Gasteiger partial charge is 0.289 e. The van der Waals surface area contributed by atoms with Crippen molar-refractivity contribution in [1.29, 1.82) is 0 Å². The molecule has 0 saturated carbocycles. The summed E-state index contributed by atoms with van der Waals surface area (Å²) in [5, 5.41) is 10.8. The van der Waals surface area contributed by atoms with E-state index in [0.717, 1.165) is 5.69 Å². The standard InChI is InChI=1S/C15H15FN6O/c1-10-12(7-18-21(10)2)14(23)19-15-17-9-22(20-15)8-11-5-3-4-6-13(11)16/h3-7,9H,8H2,1-2H3,(H,19,20,23). The van der Waals surface area contributed by atoms with E-state index in [4.69, 9.17) is 0 Å². The number of halogens is 1. The molecule has 0 aliphatic rings. The van der Waals surface area contributed by atoms with Crippen molar-refractivity contribution in [3.8, 4) is 0 Å². The van der Waals surface area contributed by atoms with Crippen LogP contribution in [0.3, 0.4) is 0 Å². The molecule has 0 aliphatic heterocycles. The van der Waals surface area contributed by atoms with Gasteiger partial charge in [0.25, 0.3) is 5.91 Å². The molecule has 0 radical (unpaired) electrons. The van der Waals surface area contributed by atoms with Gasteiger partial charge in [-0.15, -0.1) is 5.10 Å². The Balaban J connectivity index is 1.71. The molecule has 0 saturated heterocycles. The molecule has 3 aromatic rings. The van der Waals surface area contributed by atoms with Crippen LogP contribution in [0.5, 0.6) is 0 Å². The topological polar surface area (TPSA) is 77.6 Å². The summed E-state index contributed by atoms with van der Waals surface area (Å²) < 4.78 is 16.7. The van der Waals surface area contributed by atoms with Gasteiger partial charge < -0.3 is 0 Å². The average molecular weight is 314 g/mol. The minimum atomic E-state index is -0.334. The molecule has 118 valence electrons. The molecule has 1 aromatic carbocycles.